The summed E-state index contributed by atoms with van der Waals surface area (Å²) in [6.07, 6.45) is 0. The quantitative estimate of drug-likeness (QED) is 0.612. The second-order valence-electron chi connectivity index (χ2n) is 3.31. The zero-order valence-electron chi connectivity index (χ0n) is 6.84. The van der Waals surface area contributed by atoms with Gasteiger partial charge < -0.3 is 4.89 Å². The van der Waals surface area contributed by atoms with Gasteiger partial charge in [0.25, 0.3) is 0 Å². The van der Waals surface area contributed by atoms with Gasteiger partial charge in [0, 0.05) is 16.7 Å². The molecule has 0 bridgehead atoms. The van der Waals surface area contributed by atoms with Crippen LogP contribution in [0.4, 0.5) is 0 Å². The van der Waals surface area contributed by atoms with Crippen molar-refractivity contribution in [2.75, 3.05) is 0 Å². The lowest BCUT2D eigenvalue weighted by molar-refractivity contribution is 0.136. The summed E-state index contributed by atoms with van der Waals surface area (Å²) in [6, 6.07) is 0. The molecule has 0 heterocycles. The van der Waals surface area contributed by atoms with Crippen LogP contribution < -0.4 is 0 Å². The minimum absolute atomic E-state index is 0.402. The molecule has 74 valence electrons. The summed E-state index contributed by atoms with van der Waals surface area (Å²) in [5.74, 6) is 0. The average Bonchev–Trinajstić information content (AvgIpc) is 1.52. The number of rotatable bonds is 2. The first kappa shape index (κ1) is 13.4. The fourth-order valence-electron chi connectivity index (χ4n) is 0.278. The van der Waals surface area contributed by atoms with Gasteiger partial charge in [-0.05, 0) is 31.9 Å². The Bertz CT molecular complexity index is 207. The molecule has 0 aliphatic heterocycles. The Morgan fingerprint density at radius 3 is 1.83 bits per heavy atom. The van der Waals surface area contributed by atoms with Crippen molar-refractivity contribution in [3.63, 3.8) is 0 Å². The summed E-state index contributed by atoms with van der Waals surface area (Å²) in [4.78, 5) is 8.76. The van der Waals surface area contributed by atoms with Gasteiger partial charge in [0.2, 0.25) is 0 Å². The third-order valence-electron chi connectivity index (χ3n) is 1.10. The predicted molar refractivity (Wildman–Crippen MR) is 56.8 cm³/mol. The fraction of sp³-hybridized carbons (Fsp3) is 1.00. The average molecular weight is 344 g/mol. The molecule has 1 unspecified atom stereocenters. The van der Waals surface area contributed by atoms with Crippen LogP contribution in [-0.4, -0.2) is 8.31 Å². The van der Waals surface area contributed by atoms with Gasteiger partial charge in [-0.1, -0.05) is 20.8 Å². The molecular weight excluding hydrogens is 334 g/mol. The SMILES string of the molecule is CC(C)(C)C(Br)(Br)OP(=O)(O)Cl. The second kappa shape index (κ2) is 3.87. The van der Waals surface area contributed by atoms with E-state index in [0.717, 1.165) is 0 Å². The first-order valence-electron chi connectivity index (χ1n) is 3.07. The lowest BCUT2D eigenvalue weighted by Gasteiger charge is -2.34. The van der Waals surface area contributed by atoms with Crippen LogP contribution >= 0.6 is 50.0 Å². The Hall–Kier alpha value is 1.40. The molecule has 0 radical (unpaired) electrons. The van der Waals surface area contributed by atoms with Crippen molar-refractivity contribution < 1.29 is 14.0 Å². The van der Waals surface area contributed by atoms with Gasteiger partial charge in [0.05, 0.1) is 0 Å². The molecular formula is C5H10Br2ClO3P. The molecule has 0 saturated heterocycles. The Morgan fingerprint density at radius 1 is 1.42 bits per heavy atom. The van der Waals surface area contributed by atoms with E-state index in [9.17, 15) is 4.57 Å². The molecule has 0 aliphatic rings. The van der Waals surface area contributed by atoms with E-state index in [1.165, 1.54) is 0 Å². The first-order chi connectivity index (χ1) is 4.96. The van der Waals surface area contributed by atoms with Gasteiger partial charge in [0.15, 0.2) is 3.42 Å². The molecule has 7 heteroatoms. The third kappa shape index (κ3) is 4.58. The zero-order valence-corrected chi connectivity index (χ0v) is 11.7. The Morgan fingerprint density at radius 2 is 1.75 bits per heavy atom. The van der Waals surface area contributed by atoms with Crippen molar-refractivity contribution in [2.24, 2.45) is 5.41 Å². The standard InChI is InChI=1S/C5H10Br2ClO3P/c1-4(2,3)5(6,7)11-12(8,9)10/h1-3H3,(H,9,10). The van der Waals surface area contributed by atoms with Crippen LogP contribution in [0.25, 0.3) is 0 Å². The third-order valence-corrected chi connectivity index (χ3v) is 5.01. The molecule has 0 aliphatic carbocycles. The largest absolute Gasteiger partial charge is 0.423 e. The summed E-state index contributed by atoms with van der Waals surface area (Å²) < 4.78 is 14.3. The Kier molecular flexibility index (Phi) is 4.32. The van der Waals surface area contributed by atoms with E-state index in [1.54, 1.807) is 0 Å². The van der Waals surface area contributed by atoms with E-state index in [4.69, 9.17) is 20.7 Å². The second-order valence-corrected chi connectivity index (χ2v) is 8.97. The summed E-state index contributed by atoms with van der Waals surface area (Å²) >= 11 is 11.3. The number of hydrogen-bond donors (Lipinski definition) is 1. The molecule has 0 amide bonds. The van der Waals surface area contributed by atoms with E-state index in [1.807, 2.05) is 20.8 Å². The van der Waals surface area contributed by atoms with Crippen LogP contribution in [0.15, 0.2) is 0 Å². The van der Waals surface area contributed by atoms with Gasteiger partial charge >= 0.3 is 6.95 Å². The van der Waals surface area contributed by atoms with Crippen molar-refractivity contribution in [2.45, 2.75) is 24.2 Å². The number of alkyl halides is 2. The molecule has 0 aromatic heterocycles. The molecule has 1 N–H and O–H groups in total. The van der Waals surface area contributed by atoms with Crippen molar-refractivity contribution in [1.29, 1.82) is 0 Å². The van der Waals surface area contributed by atoms with Crippen molar-refractivity contribution >= 4 is 50.0 Å². The van der Waals surface area contributed by atoms with Gasteiger partial charge in [-0.15, -0.1) is 0 Å². The number of halogens is 3. The van der Waals surface area contributed by atoms with E-state index in [0.29, 0.717) is 0 Å². The van der Waals surface area contributed by atoms with Crippen molar-refractivity contribution in [3.8, 4) is 0 Å². The van der Waals surface area contributed by atoms with E-state index in [2.05, 4.69) is 31.9 Å². The highest BCUT2D eigenvalue weighted by atomic mass is 79.9. The normalized spacial score (nSPS) is 18.9. The monoisotopic (exact) mass is 342 g/mol. The maximum atomic E-state index is 10.7. The van der Waals surface area contributed by atoms with Gasteiger partial charge in [-0.3, -0.25) is 4.52 Å². The minimum Gasteiger partial charge on any atom is -0.313 e. The molecule has 0 aromatic carbocycles. The molecule has 0 fully saturated rings. The maximum absolute atomic E-state index is 10.7. The highest BCUT2D eigenvalue weighted by Crippen LogP contribution is 2.59. The van der Waals surface area contributed by atoms with Gasteiger partial charge in [0.1, 0.15) is 0 Å². The van der Waals surface area contributed by atoms with Crippen LogP contribution in [0.3, 0.4) is 0 Å². The highest BCUT2D eigenvalue weighted by molar-refractivity contribution is 9.25. The molecule has 0 spiro atoms. The summed E-state index contributed by atoms with van der Waals surface area (Å²) in [7, 11) is 0. The Balaban J connectivity index is 4.56. The molecule has 0 aromatic rings. The van der Waals surface area contributed by atoms with Crippen LogP contribution in [0, 0.1) is 5.41 Å². The van der Waals surface area contributed by atoms with E-state index < -0.39 is 15.8 Å². The van der Waals surface area contributed by atoms with Crippen LogP contribution in [0.1, 0.15) is 20.8 Å². The smallest absolute Gasteiger partial charge is 0.313 e. The lowest BCUT2D eigenvalue weighted by Crippen LogP contribution is -2.31. The van der Waals surface area contributed by atoms with Gasteiger partial charge in [-0.2, -0.15) is 0 Å². The predicted octanol–water partition coefficient (Wildman–Crippen LogP) is 3.83. The van der Waals surface area contributed by atoms with E-state index in [-0.39, 0.29) is 0 Å². The topological polar surface area (TPSA) is 46.5 Å². The maximum Gasteiger partial charge on any atom is 0.423 e. The minimum atomic E-state index is -4.01. The van der Waals surface area contributed by atoms with Gasteiger partial charge in [-0.25, -0.2) is 4.57 Å². The molecule has 0 saturated carbocycles. The zero-order chi connectivity index (χ0) is 10.2. The van der Waals surface area contributed by atoms with Crippen LogP contribution in [0.5, 0.6) is 0 Å². The lowest BCUT2D eigenvalue weighted by atomic mass is 9.99. The first-order valence-corrected chi connectivity index (χ1v) is 7.13. The summed E-state index contributed by atoms with van der Waals surface area (Å²) in [5, 5.41) is 0. The summed E-state index contributed by atoms with van der Waals surface area (Å²) in [6.45, 7) is 1.46. The molecule has 0 rings (SSSR count). The van der Waals surface area contributed by atoms with Crippen LogP contribution in [0.2, 0.25) is 0 Å². The molecule has 3 nitrogen and oxygen atoms in total. The fourth-order valence-corrected chi connectivity index (χ4v) is 2.82. The van der Waals surface area contributed by atoms with Crippen molar-refractivity contribution in [1.82, 2.24) is 0 Å². The van der Waals surface area contributed by atoms with E-state index >= 15 is 0 Å². The van der Waals surface area contributed by atoms with Crippen molar-refractivity contribution in [3.05, 3.63) is 0 Å². The highest BCUT2D eigenvalue weighted by Gasteiger charge is 2.43. The van der Waals surface area contributed by atoms with Crippen LogP contribution in [-0.2, 0) is 9.09 Å². The summed E-state index contributed by atoms with van der Waals surface area (Å²) in [5.41, 5.74) is -0.402. The Labute approximate surface area is 93.4 Å². The molecule has 12 heavy (non-hydrogen) atoms. The molecule has 1 atom stereocenters. The number of hydrogen-bond acceptors (Lipinski definition) is 2.